The number of amides is 1. The largest absolute Gasteiger partial charge is 0.497 e. The molecule has 4 rings (SSSR count). The zero-order valence-electron chi connectivity index (χ0n) is 16.8. The molecule has 0 saturated heterocycles. The van der Waals surface area contributed by atoms with Crippen molar-refractivity contribution in [3.63, 3.8) is 0 Å². The molecule has 4 aromatic rings. The maximum absolute atomic E-state index is 12.6. The van der Waals surface area contributed by atoms with Gasteiger partial charge >= 0.3 is 0 Å². The molecule has 0 spiro atoms. The first kappa shape index (κ1) is 21.7. The SMILES string of the molecule is COc1cc(NC(=O)Cc2csc3nc(-c4ccc(C)cc4)cn23)cc(OC)c1.Cl. The molecule has 2 aromatic heterocycles. The Bertz CT molecular complexity index is 1150. The molecule has 0 bridgehead atoms. The van der Waals surface area contributed by atoms with Crippen LogP contribution in [0.4, 0.5) is 5.69 Å². The number of benzene rings is 2. The van der Waals surface area contributed by atoms with E-state index < -0.39 is 0 Å². The number of nitrogens with one attached hydrogen (secondary N) is 1. The summed E-state index contributed by atoms with van der Waals surface area (Å²) in [5, 5.41) is 4.88. The monoisotopic (exact) mass is 443 g/mol. The fourth-order valence-corrected chi connectivity index (χ4v) is 3.94. The lowest BCUT2D eigenvalue weighted by atomic mass is 10.1. The van der Waals surface area contributed by atoms with E-state index in [-0.39, 0.29) is 24.7 Å². The molecule has 0 aliphatic heterocycles. The molecule has 1 amide bonds. The van der Waals surface area contributed by atoms with Gasteiger partial charge in [0.15, 0.2) is 4.96 Å². The Morgan fingerprint density at radius 1 is 1.10 bits per heavy atom. The molecule has 156 valence electrons. The second kappa shape index (κ2) is 9.19. The summed E-state index contributed by atoms with van der Waals surface area (Å²) in [6, 6.07) is 13.5. The van der Waals surface area contributed by atoms with Crippen LogP contribution in [0, 0.1) is 6.92 Å². The minimum atomic E-state index is -0.120. The Morgan fingerprint density at radius 3 is 2.40 bits per heavy atom. The highest BCUT2D eigenvalue weighted by atomic mass is 35.5. The Kier molecular flexibility index (Phi) is 6.64. The summed E-state index contributed by atoms with van der Waals surface area (Å²) in [5.41, 5.74) is 4.69. The summed E-state index contributed by atoms with van der Waals surface area (Å²) in [6.45, 7) is 2.06. The third-order valence-corrected chi connectivity index (χ3v) is 5.50. The maximum atomic E-state index is 12.6. The number of anilines is 1. The van der Waals surface area contributed by atoms with E-state index in [0.717, 1.165) is 21.9 Å². The Hall–Kier alpha value is -3.03. The number of carbonyl (C=O) groups is 1. The van der Waals surface area contributed by atoms with Crippen LogP contribution in [0.25, 0.3) is 16.2 Å². The molecule has 0 saturated carbocycles. The number of hydrogen-bond acceptors (Lipinski definition) is 5. The molecular formula is C22H22ClN3O3S. The van der Waals surface area contributed by atoms with Crippen LogP contribution in [0.2, 0.25) is 0 Å². The number of nitrogens with zero attached hydrogens (tertiary/aromatic N) is 2. The molecule has 30 heavy (non-hydrogen) atoms. The highest BCUT2D eigenvalue weighted by molar-refractivity contribution is 7.15. The molecule has 0 atom stereocenters. The summed E-state index contributed by atoms with van der Waals surface area (Å²) in [6.07, 6.45) is 2.22. The van der Waals surface area contributed by atoms with E-state index in [4.69, 9.17) is 9.47 Å². The van der Waals surface area contributed by atoms with Crippen molar-refractivity contribution in [1.29, 1.82) is 0 Å². The summed E-state index contributed by atoms with van der Waals surface area (Å²) < 4.78 is 12.5. The van der Waals surface area contributed by atoms with Crippen molar-refractivity contribution in [1.82, 2.24) is 9.38 Å². The predicted molar refractivity (Wildman–Crippen MR) is 122 cm³/mol. The summed E-state index contributed by atoms with van der Waals surface area (Å²) in [7, 11) is 3.15. The number of hydrogen-bond donors (Lipinski definition) is 1. The normalized spacial score (nSPS) is 10.5. The Morgan fingerprint density at radius 2 is 1.77 bits per heavy atom. The smallest absolute Gasteiger partial charge is 0.230 e. The van der Waals surface area contributed by atoms with E-state index in [1.807, 2.05) is 16.0 Å². The zero-order valence-corrected chi connectivity index (χ0v) is 18.5. The topological polar surface area (TPSA) is 64.9 Å². The molecule has 1 N–H and O–H groups in total. The van der Waals surface area contributed by atoms with Gasteiger partial charge in [0.05, 0.1) is 26.3 Å². The summed E-state index contributed by atoms with van der Waals surface area (Å²) in [5.74, 6) is 1.12. The predicted octanol–water partition coefficient (Wildman–Crippen LogP) is 4.99. The van der Waals surface area contributed by atoms with Crippen molar-refractivity contribution >= 4 is 40.3 Å². The molecule has 2 aromatic carbocycles. The minimum Gasteiger partial charge on any atom is -0.497 e. The first-order valence-electron chi connectivity index (χ1n) is 9.11. The van der Waals surface area contributed by atoms with Crippen LogP contribution in [0.15, 0.2) is 54.0 Å². The van der Waals surface area contributed by atoms with Gasteiger partial charge in [-0.15, -0.1) is 23.7 Å². The van der Waals surface area contributed by atoms with Crippen molar-refractivity contribution in [2.45, 2.75) is 13.3 Å². The zero-order chi connectivity index (χ0) is 20.4. The quantitative estimate of drug-likeness (QED) is 0.456. The van der Waals surface area contributed by atoms with Gasteiger partial charge < -0.3 is 14.8 Å². The molecule has 0 aliphatic carbocycles. The average Bonchev–Trinajstić information content (AvgIpc) is 3.30. The molecule has 2 heterocycles. The Labute approximate surface area is 184 Å². The first-order chi connectivity index (χ1) is 14.1. The van der Waals surface area contributed by atoms with Gasteiger partial charge in [-0.2, -0.15) is 0 Å². The van der Waals surface area contributed by atoms with Crippen LogP contribution in [0.1, 0.15) is 11.3 Å². The van der Waals surface area contributed by atoms with Crippen LogP contribution >= 0.6 is 23.7 Å². The molecule has 0 fully saturated rings. The van der Waals surface area contributed by atoms with Crippen molar-refractivity contribution in [3.05, 3.63) is 65.3 Å². The lowest BCUT2D eigenvalue weighted by Crippen LogP contribution is -2.15. The van der Waals surface area contributed by atoms with E-state index in [2.05, 4.69) is 41.5 Å². The molecule has 0 unspecified atom stereocenters. The van der Waals surface area contributed by atoms with E-state index >= 15 is 0 Å². The molecule has 6 nitrogen and oxygen atoms in total. The number of halogens is 1. The van der Waals surface area contributed by atoms with Gasteiger partial charge in [0.1, 0.15) is 11.5 Å². The third kappa shape index (κ3) is 4.58. The van der Waals surface area contributed by atoms with Gasteiger partial charge in [-0.05, 0) is 6.92 Å². The van der Waals surface area contributed by atoms with Crippen molar-refractivity contribution in [2.75, 3.05) is 19.5 Å². The van der Waals surface area contributed by atoms with Gasteiger partial charge in [-0.3, -0.25) is 9.20 Å². The number of thiazole rings is 1. The van der Waals surface area contributed by atoms with Gasteiger partial charge in [0.25, 0.3) is 0 Å². The average molecular weight is 444 g/mol. The van der Waals surface area contributed by atoms with Crippen LogP contribution in [0.3, 0.4) is 0 Å². The van der Waals surface area contributed by atoms with Crippen molar-refractivity contribution < 1.29 is 14.3 Å². The van der Waals surface area contributed by atoms with Gasteiger partial charge in [0.2, 0.25) is 5.91 Å². The lowest BCUT2D eigenvalue weighted by molar-refractivity contribution is -0.115. The fraction of sp³-hybridized carbons (Fsp3) is 0.182. The first-order valence-corrected chi connectivity index (χ1v) is 9.99. The van der Waals surface area contributed by atoms with Crippen molar-refractivity contribution in [3.8, 4) is 22.8 Å². The van der Waals surface area contributed by atoms with Crippen molar-refractivity contribution in [2.24, 2.45) is 0 Å². The number of imidazole rings is 1. The van der Waals surface area contributed by atoms with Crippen LogP contribution in [-0.2, 0) is 11.2 Å². The van der Waals surface area contributed by atoms with E-state index in [1.54, 1.807) is 32.4 Å². The number of carbonyl (C=O) groups excluding carboxylic acids is 1. The molecule has 0 aliphatic rings. The van der Waals surface area contributed by atoms with E-state index in [0.29, 0.717) is 17.2 Å². The standard InChI is InChI=1S/C22H21N3O3S.ClH/c1-14-4-6-15(7-5-14)20-12-25-17(13-29-22(25)24-20)10-21(26)23-16-8-18(27-2)11-19(9-16)28-3;/h4-9,11-13H,10H2,1-3H3,(H,23,26);1H. The van der Waals surface area contributed by atoms with Gasteiger partial charge in [-0.1, -0.05) is 29.8 Å². The number of rotatable bonds is 6. The molecule has 0 radical (unpaired) electrons. The van der Waals surface area contributed by atoms with Gasteiger partial charge in [0, 0.05) is 46.7 Å². The summed E-state index contributed by atoms with van der Waals surface area (Å²) >= 11 is 1.52. The second-order valence-electron chi connectivity index (χ2n) is 6.70. The van der Waals surface area contributed by atoms with E-state index in [9.17, 15) is 4.79 Å². The molecular weight excluding hydrogens is 422 g/mol. The maximum Gasteiger partial charge on any atom is 0.230 e. The molecule has 8 heteroatoms. The van der Waals surface area contributed by atoms with Crippen LogP contribution < -0.4 is 14.8 Å². The number of ether oxygens (including phenoxy) is 2. The summed E-state index contributed by atoms with van der Waals surface area (Å²) in [4.78, 5) is 18.2. The lowest BCUT2D eigenvalue weighted by Gasteiger charge is -2.09. The van der Waals surface area contributed by atoms with Gasteiger partial charge in [-0.25, -0.2) is 4.98 Å². The Balaban J connectivity index is 0.00000256. The highest BCUT2D eigenvalue weighted by Gasteiger charge is 2.13. The highest BCUT2D eigenvalue weighted by Crippen LogP contribution is 2.27. The number of methoxy groups -OCH3 is 2. The third-order valence-electron chi connectivity index (χ3n) is 4.61. The fourth-order valence-electron chi connectivity index (χ4n) is 3.07. The number of aromatic nitrogens is 2. The van der Waals surface area contributed by atoms with Crippen LogP contribution in [0.5, 0.6) is 11.5 Å². The minimum absolute atomic E-state index is 0. The van der Waals surface area contributed by atoms with E-state index in [1.165, 1.54) is 16.9 Å². The number of aryl methyl sites for hydroxylation is 1. The second-order valence-corrected chi connectivity index (χ2v) is 7.53. The number of fused-ring (bicyclic) bond motifs is 1. The van der Waals surface area contributed by atoms with Crippen LogP contribution in [-0.4, -0.2) is 29.5 Å².